The van der Waals surface area contributed by atoms with Crippen LogP contribution >= 0.6 is 11.3 Å². The van der Waals surface area contributed by atoms with E-state index in [1.807, 2.05) is 5.38 Å². The van der Waals surface area contributed by atoms with Gasteiger partial charge in [-0.1, -0.05) is 0 Å². The fourth-order valence-corrected chi connectivity index (χ4v) is 1.53. The second-order valence-electron chi connectivity index (χ2n) is 2.53. The van der Waals surface area contributed by atoms with Gasteiger partial charge in [0.2, 0.25) is 0 Å². The molecular weight excluding hydrogens is 188 g/mol. The molecule has 0 aliphatic carbocycles. The summed E-state index contributed by atoms with van der Waals surface area (Å²) < 4.78 is 4.77. The predicted molar refractivity (Wildman–Crippen MR) is 50.3 cm³/mol. The van der Waals surface area contributed by atoms with Crippen molar-refractivity contribution in [3.8, 4) is 0 Å². The summed E-state index contributed by atoms with van der Waals surface area (Å²) in [4.78, 5) is 15.0. The Balaban J connectivity index is 2.42. The summed E-state index contributed by atoms with van der Waals surface area (Å²) in [5, 5.41) is 1.84. The van der Waals surface area contributed by atoms with E-state index in [0.717, 1.165) is 5.69 Å². The first-order valence-electron chi connectivity index (χ1n) is 4.03. The lowest BCUT2D eigenvalue weighted by molar-refractivity contribution is -0.143. The molecule has 72 valence electrons. The van der Waals surface area contributed by atoms with Crippen molar-refractivity contribution in [2.75, 3.05) is 6.61 Å². The van der Waals surface area contributed by atoms with Crippen molar-refractivity contribution >= 4 is 17.3 Å². The van der Waals surface area contributed by atoms with Gasteiger partial charge in [-0.2, -0.15) is 0 Å². The smallest absolute Gasteiger partial charge is 0.307 e. The maximum atomic E-state index is 11.0. The van der Waals surface area contributed by atoms with Gasteiger partial charge in [0.05, 0.1) is 30.3 Å². The Morgan fingerprint density at radius 3 is 3.15 bits per heavy atom. The Morgan fingerprint density at radius 2 is 2.62 bits per heavy atom. The third-order valence-corrected chi connectivity index (χ3v) is 2.13. The first-order valence-corrected chi connectivity index (χ1v) is 4.97. The van der Waals surface area contributed by atoms with Gasteiger partial charge in [-0.15, -0.1) is 11.3 Å². The van der Waals surface area contributed by atoms with E-state index in [0.29, 0.717) is 6.61 Å². The van der Waals surface area contributed by atoms with Crippen LogP contribution in [-0.2, 0) is 9.53 Å². The molecule has 5 heteroatoms. The Morgan fingerprint density at radius 1 is 1.85 bits per heavy atom. The van der Waals surface area contributed by atoms with E-state index in [-0.39, 0.29) is 18.4 Å². The molecule has 1 aromatic rings. The monoisotopic (exact) mass is 200 g/mol. The van der Waals surface area contributed by atoms with Crippen LogP contribution in [0.15, 0.2) is 10.9 Å². The van der Waals surface area contributed by atoms with E-state index >= 15 is 0 Å². The number of rotatable bonds is 4. The average molecular weight is 200 g/mol. The molecule has 0 bridgehead atoms. The van der Waals surface area contributed by atoms with Crippen LogP contribution in [0, 0.1) is 0 Å². The summed E-state index contributed by atoms with van der Waals surface area (Å²) in [6, 6.07) is -0.342. The number of esters is 1. The number of nitrogens with two attached hydrogens (primary N) is 1. The van der Waals surface area contributed by atoms with Crippen LogP contribution in [0.2, 0.25) is 0 Å². The molecule has 4 nitrogen and oxygen atoms in total. The highest BCUT2D eigenvalue weighted by molar-refractivity contribution is 7.07. The van der Waals surface area contributed by atoms with Crippen molar-refractivity contribution in [3.05, 3.63) is 16.6 Å². The fourth-order valence-electron chi connectivity index (χ4n) is 0.909. The van der Waals surface area contributed by atoms with Gasteiger partial charge in [0.25, 0.3) is 0 Å². The van der Waals surface area contributed by atoms with Gasteiger partial charge >= 0.3 is 5.97 Å². The summed E-state index contributed by atoms with van der Waals surface area (Å²) in [6.45, 7) is 2.16. The van der Waals surface area contributed by atoms with E-state index in [1.54, 1.807) is 12.4 Å². The molecule has 0 saturated carbocycles. The Kier molecular flexibility index (Phi) is 3.85. The molecule has 2 N–H and O–H groups in total. The van der Waals surface area contributed by atoms with Gasteiger partial charge in [0, 0.05) is 5.38 Å². The number of aromatic nitrogens is 1. The molecule has 0 saturated heterocycles. The Labute approximate surface area is 80.7 Å². The maximum Gasteiger partial charge on any atom is 0.307 e. The summed E-state index contributed by atoms with van der Waals surface area (Å²) in [7, 11) is 0. The normalized spacial score (nSPS) is 12.5. The summed E-state index contributed by atoms with van der Waals surface area (Å²) >= 11 is 1.47. The summed E-state index contributed by atoms with van der Waals surface area (Å²) in [5.41, 5.74) is 8.16. The summed E-state index contributed by atoms with van der Waals surface area (Å²) in [5.74, 6) is -0.275. The van der Waals surface area contributed by atoms with Crippen molar-refractivity contribution in [2.45, 2.75) is 19.4 Å². The molecule has 0 amide bonds. The van der Waals surface area contributed by atoms with E-state index in [2.05, 4.69) is 4.98 Å². The number of hydrogen-bond donors (Lipinski definition) is 1. The quantitative estimate of drug-likeness (QED) is 0.739. The number of carbonyl (C=O) groups is 1. The second-order valence-corrected chi connectivity index (χ2v) is 3.25. The molecule has 0 fully saturated rings. The highest BCUT2D eigenvalue weighted by atomic mass is 32.1. The first-order chi connectivity index (χ1) is 6.24. The average Bonchev–Trinajstić information content (AvgIpc) is 2.55. The largest absolute Gasteiger partial charge is 0.466 e. The van der Waals surface area contributed by atoms with Crippen LogP contribution in [-0.4, -0.2) is 17.6 Å². The number of nitrogens with zero attached hydrogens (tertiary/aromatic N) is 1. The van der Waals surface area contributed by atoms with E-state index in [4.69, 9.17) is 10.5 Å². The molecule has 13 heavy (non-hydrogen) atoms. The van der Waals surface area contributed by atoms with Crippen molar-refractivity contribution in [1.82, 2.24) is 4.98 Å². The van der Waals surface area contributed by atoms with E-state index in [9.17, 15) is 4.79 Å². The lowest BCUT2D eigenvalue weighted by atomic mass is 10.2. The van der Waals surface area contributed by atoms with Gasteiger partial charge in [-0.25, -0.2) is 4.98 Å². The zero-order valence-electron chi connectivity index (χ0n) is 7.40. The van der Waals surface area contributed by atoms with Crippen molar-refractivity contribution in [1.29, 1.82) is 0 Å². The minimum atomic E-state index is -0.342. The van der Waals surface area contributed by atoms with Crippen LogP contribution in [0.4, 0.5) is 0 Å². The first kappa shape index (κ1) is 10.1. The molecule has 0 radical (unpaired) electrons. The van der Waals surface area contributed by atoms with Gasteiger partial charge in [-0.3, -0.25) is 4.79 Å². The Bertz CT molecular complexity index is 261. The number of ether oxygens (including phenoxy) is 1. The molecular formula is C8H12N2O2S. The number of thiazole rings is 1. The van der Waals surface area contributed by atoms with Crippen molar-refractivity contribution in [2.24, 2.45) is 5.73 Å². The molecule has 1 aromatic heterocycles. The van der Waals surface area contributed by atoms with Gasteiger partial charge in [0.15, 0.2) is 0 Å². The molecule has 0 aromatic carbocycles. The van der Waals surface area contributed by atoms with Crippen LogP contribution in [0.25, 0.3) is 0 Å². The number of hydrogen-bond acceptors (Lipinski definition) is 5. The minimum absolute atomic E-state index is 0.192. The lowest BCUT2D eigenvalue weighted by Gasteiger charge is -2.07. The van der Waals surface area contributed by atoms with Gasteiger partial charge < -0.3 is 10.5 Å². The third-order valence-electron chi connectivity index (χ3n) is 1.52. The van der Waals surface area contributed by atoms with E-state index < -0.39 is 0 Å². The zero-order chi connectivity index (χ0) is 9.68. The molecule has 0 aliphatic heterocycles. The fraction of sp³-hybridized carbons (Fsp3) is 0.500. The molecule has 1 heterocycles. The molecule has 0 spiro atoms. The van der Waals surface area contributed by atoms with Crippen LogP contribution in [0.1, 0.15) is 25.1 Å². The standard InChI is InChI=1S/C8H12N2O2S/c1-2-12-8(11)3-6(9)7-4-13-5-10-7/h4-6H,2-3,9H2,1H3/t6-/m1/s1. The molecule has 1 rings (SSSR count). The van der Waals surface area contributed by atoms with E-state index in [1.165, 1.54) is 11.3 Å². The topological polar surface area (TPSA) is 65.2 Å². The maximum absolute atomic E-state index is 11.0. The third kappa shape index (κ3) is 3.12. The zero-order valence-corrected chi connectivity index (χ0v) is 8.21. The van der Waals surface area contributed by atoms with Gasteiger partial charge in [-0.05, 0) is 6.92 Å². The van der Waals surface area contributed by atoms with Crippen LogP contribution < -0.4 is 5.73 Å². The van der Waals surface area contributed by atoms with Crippen LogP contribution in [0.3, 0.4) is 0 Å². The van der Waals surface area contributed by atoms with Crippen molar-refractivity contribution in [3.63, 3.8) is 0 Å². The van der Waals surface area contributed by atoms with Gasteiger partial charge in [0.1, 0.15) is 0 Å². The highest BCUT2D eigenvalue weighted by Crippen LogP contribution is 2.13. The van der Waals surface area contributed by atoms with Crippen LogP contribution in [0.5, 0.6) is 0 Å². The molecule has 0 unspecified atom stereocenters. The molecule has 0 aliphatic rings. The number of carbonyl (C=O) groups excluding carboxylic acids is 1. The Hall–Kier alpha value is -0.940. The SMILES string of the molecule is CCOC(=O)C[C@@H](N)c1cscn1. The highest BCUT2D eigenvalue weighted by Gasteiger charge is 2.13. The van der Waals surface area contributed by atoms with Crippen molar-refractivity contribution < 1.29 is 9.53 Å². The second kappa shape index (κ2) is 4.94. The lowest BCUT2D eigenvalue weighted by Crippen LogP contribution is -2.17. The minimum Gasteiger partial charge on any atom is -0.466 e. The predicted octanol–water partition coefficient (Wildman–Crippen LogP) is 1.10. The molecule has 1 atom stereocenters. The summed E-state index contributed by atoms with van der Waals surface area (Å²) in [6.07, 6.45) is 0.192.